The first-order valence-corrected chi connectivity index (χ1v) is 7.19. The quantitative estimate of drug-likeness (QED) is 0.905. The molecule has 0 unspecified atom stereocenters. The number of amides is 2. The molecule has 0 saturated heterocycles. The van der Waals surface area contributed by atoms with Crippen LogP contribution in [-0.4, -0.2) is 30.0 Å². The number of hydrogen-bond acceptors (Lipinski definition) is 2. The van der Waals surface area contributed by atoms with Crippen LogP contribution in [0.1, 0.15) is 27.3 Å². The molecule has 1 aromatic carbocycles. The maximum Gasteiger partial charge on any atom is 0.253 e. The lowest BCUT2D eigenvalue weighted by Gasteiger charge is -2.12. The second kappa shape index (κ2) is 6.47. The van der Waals surface area contributed by atoms with Crippen molar-refractivity contribution in [2.45, 2.75) is 20.8 Å². The fourth-order valence-corrected chi connectivity index (χ4v) is 2.52. The van der Waals surface area contributed by atoms with Crippen LogP contribution >= 0.6 is 0 Å². The van der Waals surface area contributed by atoms with E-state index in [4.69, 9.17) is 0 Å². The Labute approximate surface area is 130 Å². The van der Waals surface area contributed by atoms with Gasteiger partial charge in [-0.15, -0.1) is 0 Å². The molecule has 0 aliphatic heterocycles. The molecule has 1 aromatic heterocycles. The van der Waals surface area contributed by atoms with Crippen LogP contribution in [0.2, 0.25) is 0 Å². The van der Waals surface area contributed by atoms with E-state index in [1.807, 2.05) is 51.1 Å². The van der Waals surface area contributed by atoms with Gasteiger partial charge in [0, 0.05) is 24.1 Å². The molecular formula is C17H21N3O2. The Hall–Kier alpha value is -2.56. The van der Waals surface area contributed by atoms with Gasteiger partial charge in [0.2, 0.25) is 5.91 Å². The number of rotatable bonds is 4. The molecule has 1 heterocycles. The van der Waals surface area contributed by atoms with Gasteiger partial charge in [0.05, 0.1) is 12.1 Å². The van der Waals surface area contributed by atoms with Crippen molar-refractivity contribution in [3.05, 3.63) is 52.8 Å². The monoisotopic (exact) mass is 299 g/mol. The summed E-state index contributed by atoms with van der Waals surface area (Å²) in [6, 6.07) is 9.89. The summed E-state index contributed by atoms with van der Waals surface area (Å²) in [4.78, 5) is 23.5. The van der Waals surface area contributed by atoms with Gasteiger partial charge in [0.15, 0.2) is 0 Å². The van der Waals surface area contributed by atoms with Gasteiger partial charge in [-0.25, -0.2) is 0 Å². The summed E-state index contributed by atoms with van der Waals surface area (Å²) in [5, 5.41) is 5.11. The van der Waals surface area contributed by atoms with Crippen LogP contribution in [0.4, 0.5) is 0 Å². The molecule has 5 heteroatoms. The van der Waals surface area contributed by atoms with Gasteiger partial charge in [-0.1, -0.05) is 18.2 Å². The van der Waals surface area contributed by atoms with E-state index in [-0.39, 0.29) is 18.4 Å². The molecule has 2 rings (SSSR count). The molecule has 0 aliphatic carbocycles. The number of likely N-dealkylation sites (N-methyl/N-ethyl adjacent to an activating group) is 1. The Morgan fingerprint density at radius 1 is 1.14 bits per heavy atom. The second-order valence-electron chi connectivity index (χ2n) is 5.26. The summed E-state index contributed by atoms with van der Waals surface area (Å²) in [7, 11) is 1.54. The average Bonchev–Trinajstić information content (AvgIpc) is 2.80. The minimum Gasteiger partial charge on any atom is -0.358 e. The Morgan fingerprint density at radius 3 is 2.45 bits per heavy atom. The van der Waals surface area contributed by atoms with Crippen LogP contribution in [0.15, 0.2) is 30.3 Å². The summed E-state index contributed by atoms with van der Waals surface area (Å²) in [5.74, 6) is -0.461. The van der Waals surface area contributed by atoms with E-state index in [0.717, 1.165) is 22.6 Å². The third-order valence-corrected chi connectivity index (χ3v) is 3.72. The normalized spacial score (nSPS) is 10.4. The highest BCUT2D eigenvalue weighted by molar-refractivity contribution is 5.97. The van der Waals surface area contributed by atoms with Crippen molar-refractivity contribution in [1.29, 1.82) is 0 Å². The molecule has 5 nitrogen and oxygen atoms in total. The number of nitrogens with zero attached hydrogens (tertiary/aromatic N) is 1. The van der Waals surface area contributed by atoms with Crippen molar-refractivity contribution in [1.82, 2.24) is 15.2 Å². The van der Waals surface area contributed by atoms with E-state index < -0.39 is 0 Å². The fourth-order valence-electron chi connectivity index (χ4n) is 2.52. The molecule has 0 aliphatic rings. The van der Waals surface area contributed by atoms with E-state index >= 15 is 0 Å². The number of para-hydroxylation sites is 1. The predicted octanol–water partition coefficient (Wildman–Crippen LogP) is 1.88. The number of hydrogen-bond donors (Lipinski definition) is 2. The molecule has 0 atom stereocenters. The molecule has 2 aromatic rings. The standard InChI is InChI=1S/C17H21N3O2/c1-11-7-5-6-8-15(11)20-12(2)9-14(13(20)3)17(22)19-10-16(21)18-4/h5-9H,10H2,1-4H3,(H,18,21)(H,19,22). The van der Waals surface area contributed by atoms with E-state index in [0.29, 0.717) is 5.56 Å². The summed E-state index contributed by atoms with van der Waals surface area (Å²) in [6.45, 7) is 5.89. The van der Waals surface area contributed by atoms with Crippen LogP contribution in [0.5, 0.6) is 0 Å². The SMILES string of the molecule is CNC(=O)CNC(=O)c1cc(C)n(-c2ccccc2C)c1C. The number of aromatic nitrogens is 1. The molecule has 2 amide bonds. The third-order valence-electron chi connectivity index (χ3n) is 3.72. The first-order valence-electron chi connectivity index (χ1n) is 7.19. The lowest BCUT2D eigenvalue weighted by Crippen LogP contribution is -2.35. The predicted molar refractivity (Wildman–Crippen MR) is 86.4 cm³/mol. The van der Waals surface area contributed by atoms with Gasteiger partial charge in [0.25, 0.3) is 5.91 Å². The number of benzene rings is 1. The molecule has 0 radical (unpaired) electrons. The molecule has 0 spiro atoms. The van der Waals surface area contributed by atoms with Crippen molar-refractivity contribution < 1.29 is 9.59 Å². The lowest BCUT2D eigenvalue weighted by atomic mass is 10.2. The van der Waals surface area contributed by atoms with E-state index in [1.54, 1.807) is 7.05 Å². The van der Waals surface area contributed by atoms with Crippen molar-refractivity contribution in [2.24, 2.45) is 0 Å². The van der Waals surface area contributed by atoms with Crippen molar-refractivity contribution >= 4 is 11.8 Å². The van der Waals surface area contributed by atoms with E-state index in [9.17, 15) is 9.59 Å². The molecule has 0 bridgehead atoms. The number of carbonyl (C=O) groups excluding carboxylic acids is 2. The highest BCUT2D eigenvalue weighted by Crippen LogP contribution is 2.23. The number of aryl methyl sites for hydroxylation is 2. The van der Waals surface area contributed by atoms with E-state index in [2.05, 4.69) is 15.2 Å². The molecule has 0 fully saturated rings. The van der Waals surface area contributed by atoms with E-state index in [1.165, 1.54) is 0 Å². The highest BCUT2D eigenvalue weighted by Gasteiger charge is 2.17. The molecular weight excluding hydrogens is 278 g/mol. The molecule has 22 heavy (non-hydrogen) atoms. The molecule has 116 valence electrons. The Morgan fingerprint density at radius 2 is 1.82 bits per heavy atom. The zero-order chi connectivity index (χ0) is 16.3. The van der Waals surface area contributed by atoms with Gasteiger partial charge in [-0.05, 0) is 38.5 Å². The maximum atomic E-state index is 12.3. The maximum absolute atomic E-state index is 12.3. The summed E-state index contributed by atoms with van der Waals surface area (Å²) < 4.78 is 2.06. The first-order chi connectivity index (χ1) is 10.5. The number of carbonyl (C=O) groups is 2. The zero-order valence-electron chi connectivity index (χ0n) is 13.4. The third kappa shape index (κ3) is 3.03. The summed E-state index contributed by atoms with van der Waals surface area (Å²) in [5.41, 5.74) is 4.63. The largest absolute Gasteiger partial charge is 0.358 e. The minimum atomic E-state index is -0.239. The Kier molecular flexibility index (Phi) is 4.65. The first kappa shape index (κ1) is 15.8. The van der Waals surface area contributed by atoms with Gasteiger partial charge < -0.3 is 15.2 Å². The van der Waals surface area contributed by atoms with Crippen LogP contribution in [0, 0.1) is 20.8 Å². The van der Waals surface area contributed by atoms with Crippen molar-refractivity contribution in [2.75, 3.05) is 13.6 Å². The van der Waals surface area contributed by atoms with Crippen LogP contribution in [0.25, 0.3) is 5.69 Å². The van der Waals surface area contributed by atoms with Gasteiger partial charge in [-0.3, -0.25) is 9.59 Å². The summed E-state index contributed by atoms with van der Waals surface area (Å²) >= 11 is 0. The van der Waals surface area contributed by atoms with Crippen molar-refractivity contribution in [3.8, 4) is 5.69 Å². The molecule has 2 N–H and O–H groups in total. The topological polar surface area (TPSA) is 63.1 Å². The summed E-state index contributed by atoms with van der Waals surface area (Å²) in [6.07, 6.45) is 0. The zero-order valence-corrected chi connectivity index (χ0v) is 13.4. The Bertz CT molecular complexity index is 717. The smallest absolute Gasteiger partial charge is 0.253 e. The van der Waals surface area contributed by atoms with Gasteiger partial charge in [0.1, 0.15) is 0 Å². The minimum absolute atomic E-state index is 0.0244. The van der Waals surface area contributed by atoms with Crippen LogP contribution < -0.4 is 10.6 Å². The van der Waals surface area contributed by atoms with Gasteiger partial charge in [-0.2, -0.15) is 0 Å². The second-order valence-corrected chi connectivity index (χ2v) is 5.26. The van der Waals surface area contributed by atoms with Crippen LogP contribution in [-0.2, 0) is 4.79 Å². The highest BCUT2D eigenvalue weighted by atomic mass is 16.2. The van der Waals surface area contributed by atoms with Crippen molar-refractivity contribution in [3.63, 3.8) is 0 Å². The lowest BCUT2D eigenvalue weighted by molar-refractivity contribution is -0.119. The fraction of sp³-hybridized carbons (Fsp3) is 0.294. The van der Waals surface area contributed by atoms with Gasteiger partial charge >= 0.3 is 0 Å². The average molecular weight is 299 g/mol. The number of nitrogens with one attached hydrogen (secondary N) is 2. The van der Waals surface area contributed by atoms with Crippen LogP contribution in [0.3, 0.4) is 0 Å². The molecule has 0 saturated carbocycles. The Balaban J connectivity index is 2.34.